The zero-order valence-electron chi connectivity index (χ0n) is 51.5. The summed E-state index contributed by atoms with van der Waals surface area (Å²) < 4.78 is 22.8. The second-order valence-corrected chi connectivity index (χ2v) is 23.2. The molecule has 1 amide bonds. The highest BCUT2D eigenvalue weighted by molar-refractivity contribution is 5.76. The molecular weight excluding hydrogens is 1040 g/mol. The molecule has 0 aromatic carbocycles. The highest BCUT2D eigenvalue weighted by Gasteiger charge is 2.51. The molecule has 0 radical (unpaired) electrons. The van der Waals surface area contributed by atoms with E-state index in [2.05, 4.69) is 79.9 Å². The van der Waals surface area contributed by atoms with Gasteiger partial charge in [-0.1, -0.05) is 241 Å². The number of ether oxygens (including phenoxy) is 4. The maximum absolute atomic E-state index is 13.3. The maximum atomic E-state index is 13.3. The van der Waals surface area contributed by atoms with Crippen LogP contribution < -0.4 is 5.32 Å². The van der Waals surface area contributed by atoms with Gasteiger partial charge in [0, 0.05) is 6.42 Å². The summed E-state index contributed by atoms with van der Waals surface area (Å²) in [5, 5.41) is 87.1. The van der Waals surface area contributed by atoms with E-state index in [9.17, 15) is 45.6 Å². The average Bonchev–Trinajstić information content (AvgIpc) is 3.60. The Balaban J connectivity index is 1.65. The minimum atomic E-state index is -1.79. The summed E-state index contributed by atoms with van der Waals surface area (Å²) in [5.74, 6) is -0.253. The van der Waals surface area contributed by atoms with Crippen LogP contribution in [0, 0.1) is 0 Å². The molecule has 82 heavy (non-hydrogen) atoms. The van der Waals surface area contributed by atoms with E-state index in [1.165, 1.54) is 167 Å². The Morgan fingerprint density at radius 2 is 0.817 bits per heavy atom. The molecule has 12 unspecified atom stereocenters. The molecule has 14 heteroatoms. The van der Waals surface area contributed by atoms with Crippen LogP contribution in [-0.4, -0.2) is 140 Å². The Kier molecular flexibility index (Phi) is 48.6. The Morgan fingerprint density at radius 1 is 0.439 bits per heavy atom. The fourth-order valence-electron chi connectivity index (χ4n) is 10.5. The zero-order valence-corrected chi connectivity index (χ0v) is 51.5. The Hall–Kier alpha value is -2.57. The molecule has 0 saturated carbocycles. The summed E-state index contributed by atoms with van der Waals surface area (Å²) in [5.41, 5.74) is 0. The molecule has 0 aromatic heterocycles. The Labute approximate surface area is 498 Å². The van der Waals surface area contributed by atoms with Crippen LogP contribution in [0.3, 0.4) is 0 Å². The van der Waals surface area contributed by atoms with Crippen LogP contribution in [0.4, 0.5) is 0 Å². The maximum Gasteiger partial charge on any atom is 0.220 e. The number of hydrogen-bond acceptors (Lipinski definition) is 13. The quantitative estimate of drug-likeness (QED) is 0.0204. The van der Waals surface area contributed by atoms with Crippen LogP contribution in [-0.2, 0) is 23.7 Å². The average molecular weight is 1160 g/mol. The van der Waals surface area contributed by atoms with Crippen molar-refractivity contribution < 1.29 is 64.6 Å². The van der Waals surface area contributed by atoms with E-state index in [0.717, 1.165) is 57.8 Å². The molecule has 2 fully saturated rings. The fraction of sp³-hybridized carbons (Fsp3) is 0.809. The normalized spacial score (nSPS) is 24.4. The van der Waals surface area contributed by atoms with Gasteiger partial charge in [-0.3, -0.25) is 4.79 Å². The standard InChI is InChI=1S/C68H121NO13/c1-3-5-7-9-11-13-15-17-19-20-21-22-23-24-25-26-27-28-29-30-31-32-33-34-35-36-38-40-42-44-46-48-50-52-60(73)69-56(57(72)51-49-47-45-43-41-39-37-18-16-14-12-10-8-6-4-2)55-79-67-65(78)63(76)66(59(54-71)81-67)82-68-64(77)62(75)61(74)58(53-70)80-68/h15-18,20-21,23-24,41,43,49,51,56-59,61-68,70-72,74-78H,3-14,19,22,25-40,42,44-48,50,52-55H2,1-2H3,(H,69,73)/b17-15-,18-16+,21-20-,24-23-,43-41+,51-49+. The Morgan fingerprint density at radius 3 is 1.28 bits per heavy atom. The molecule has 2 saturated heterocycles. The van der Waals surface area contributed by atoms with Crippen LogP contribution in [0.15, 0.2) is 72.9 Å². The number of hydrogen-bond donors (Lipinski definition) is 9. The number of unbranched alkanes of at least 4 members (excludes halogenated alkanes) is 30. The summed E-state index contributed by atoms with van der Waals surface area (Å²) in [7, 11) is 0. The van der Waals surface area contributed by atoms with Crippen LogP contribution in [0.25, 0.3) is 0 Å². The fourth-order valence-corrected chi connectivity index (χ4v) is 10.5. The van der Waals surface area contributed by atoms with Crippen molar-refractivity contribution in [1.82, 2.24) is 5.32 Å². The monoisotopic (exact) mass is 1160 g/mol. The van der Waals surface area contributed by atoms with E-state index in [1.807, 2.05) is 6.08 Å². The van der Waals surface area contributed by atoms with E-state index in [4.69, 9.17) is 18.9 Å². The van der Waals surface area contributed by atoms with Crippen molar-refractivity contribution in [3.63, 3.8) is 0 Å². The van der Waals surface area contributed by atoms with Gasteiger partial charge in [0.05, 0.1) is 32.0 Å². The number of aliphatic hydroxyl groups excluding tert-OH is 8. The molecule has 2 aliphatic heterocycles. The molecule has 12 atom stereocenters. The van der Waals surface area contributed by atoms with E-state index >= 15 is 0 Å². The number of amides is 1. The van der Waals surface area contributed by atoms with E-state index in [1.54, 1.807) is 6.08 Å². The molecule has 14 nitrogen and oxygen atoms in total. The molecule has 9 N–H and O–H groups in total. The number of rotatable bonds is 53. The molecular formula is C68H121NO13. The van der Waals surface area contributed by atoms with Crippen molar-refractivity contribution in [3.8, 4) is 0 Å². The number of carbonyl (C=O) groups excluding carboxylic acids is 1. The van der Waals surface area contributed by atoms with Crippen LogP contribution in [0.1, 0.15) is 258 Å². The second kappa shape index (κ2) is 52.7. The predicted octanol–water partition coefficient (Wildman–Crippen LogP) is 12.7. The molecule has 0 spiro atoms. The highest BCUT2D eigenvalue weighted by atomic mass is 16.7. The van der Waals surface area contributed by atoms with Gasteiger partial charge in [-0.05, 0) is 83.5 Å². The van der Waals surface area contributed by atoms with Crippen molar-refractivity contribution in [2.24, 2.45) is 0 Å². The first kappa shape index (κ1) is 75.5. The molecule has 476 valence electrons. The topological polar surface area (TPSA) is 228 Å². The van der Waals surface area contributed by atoms with Gasteiger partial charge in [-0.25, -0.2) is 0 Å². The van der Waals surface area contributed by atoms with Crippen LogP contribution in [0.2, 0.25) is 0 Å². The van der Waals surface area contributed by atoms with Crippen molar-refractivity contribution in [2.75, 3.05) is 19.8 Å². The second-order valence-electron chi connectivity index (χ2n) is 23.2. The third-order valence-electron chi connectivity index (χ3n) is 15.8. The van der Waals surface area contributed by atoms with Gasteiger partial charge in [-0.2, -0.15) is 0 Å². The van der Waals surface area contributed by atoms with E-state index < -0.39 is 86.8 Å². The van der Waals surface area contributed by atoms with E-state index in [-0.39, 0.29) is 18.9 Å². The summed E-state index contributed by atoms with van der Waals surface area (Å²) in [6, 6.07) is -0.940. The van der Waals surface area contributed by atoms with Crippen molar-refractivity contribution >= 4 is 5.91 Å². The smallest absolute Gasteiger partial charge is 0.220 e. The summed E-state index contributed by atoms with van der Waals surface area (Å²) in [4.78, 5) is 13.3. The Bertz CT molecular complexity index is 1650. The molecule has 0 aromatic rings. The molecule has 2 heterocycles. The lowest BCUT2D eigenvalue weighted by atomic mass is 9.97. The molecule has 0 bridgehead atoms. The third-order valence-corrected chi connectivity index (χ3v) is 15.8. The summed E-state index contributed by atoms with van der Waals surface area (Å²) in [6.45, 7) is 2.75. The molecule has 0 aliphatic carbocycles. The summed E-state index contributed by atoms with van der Waals surface area (Å²) in [6.07, 6.45) is 53.9. The SMILES string of the molecule is CCCCCCC/C=C\C/C=C\C/C=C\CCCCCCCCCCCCCCCCCCCCC(=O)NC(COC1OC(CO)C(OC2OC(CO)C(O)C(O)C2O)C(O)C1O)C(O)/C=C/CC/C=C/CC/C=C/CCCCCCC. The first-order valence-electron chi connectivity index (χ1n) is 33.2. The van der Waals surface area contributed by atoms with Crippen LogP contribution in [0.5, 0.6) is 0 Å². The molecule has 2 aliphatic rings. The van der Waals surface area contributed by atoms with Gasteiger partial charge >= 0.3 is 0 Å². The highest BCUT2D eigenvalue weighted by Crippen LogP contribution is 2.30. The number of allylic oxidation sites excluding steroid dienone is 11. The lowest BCUT2D eigenvalue weighted by molar-refractivity contribution is -0.359. The largest absolute Gasteiger partial charge is 0.394 e. The minimum Gasteiger partial charge on any atom is -0.394 e. The van der Waals surface area contributed by atoms with Gasteiger partial charge in [0.2, 0.25) is 5.91 Å². The van der Waals surface area contributed by atoms with Crippen LogP contribution >= 0.6 is 0 Å². The first-order valence-corrected chi connectivity index (χ1v) is 33.2. The van der Waals surface area contributed by atoms with E-state index in [0.29, 0.717) is 12.8 Å². The van der Waals surface area contributed by atoms with Crippen molar-refractivity contribution in [2.45, 2.75) is 331 Å². The summed E-state index contributed by atoms with van der Waals surface area (Å²) >= 11 is 0. The number of carbonyl (C=O) groups is 1. The predicted molar refractivity (Wildman–Crippen MR) is 332 cm³/mol. The van der Waals surface area contributed by atoms with Gasteiger partial charge in [0.1, 0.15) is 48.8 Å². The lowest BCUT2D eigenvalue weighted by Gasteiger charge is -2.46. The minimum absolute atomic E-state index is 0.253. The molecule has 2 rings (SSSR count). The lowest BCUT2D eigenvalue weighted by Crippen LogP contribution is -2.65. The van der Waals surface area contributed by atoms with Gasteiger partial charge in [0.25, 0.3) is 0 Å². The zero-order chi connectivity index (χ0) is 59.5. The third kappa shape index (κ3) is 37.1. The van der Waals surface area contributed by atoms with Gasteiger partial charge in [0.15, 0.2) is 12.6 Å². The number of aliphatic hydroxyl groups is 8. The van der Waals surface area contributed by atoms with Crippen molar-refractivity contribution in [3.05, 3.63) is 72.9 Å². The number of nitrogens with one attached hydrogen (secondary N) is 1. The first-order chi connectivity index (χ1) is 40.1. The van der Waals surface area contributed by atoms with Gasteiger partial charge < -0.3 is 65.1 Å². The van der Waals surface area contributed by atoms with Crippen molar-refractivity contribution in [1.29, 1.82) is 0 Å². The van der Waals surface area contributed by atoms with Gasteiger partial charge in [-0.15, -0.1) is 0 Å².